The number of alkyl halides is 3. The van der Waals surface area contributed by atoms with E-state index in [4.69, 9.17) is 9.52 Å². The fraction of sp³-hybridized carbons (Fsp3) is 0.500. The minimum absolute atomic E-state index is 0.103. The molecule has 7 heteroatoms. The van der Waals surface area contributed by atoms with E-state index in [-0.39, 0.29) is 24.4 Å². The molecule has 0 radical (unpaired) electrons. The third-order valence-corrected chi connectivity index (χ3v) is 2.19. The minimum Gasteiger partial charge on any atom is -0.475 e. The highest BCUT2D eigenvalue weighted by Crippen LogP contribution is 2.19. The number of rotatable bonds is 5. The van der Waals surface area contributed by atoms with E-state index < -0.39 is 18.7 Å². The Morgan fingerprint density at radius 1 is 1.53 bits per heavy atom. The Balaban J connectivity index is 2.74. The van der Waals surface area contributed by atoms with Crippen LogP contribution in [-0.2, 0) is 6.54 Å². The van der Waals surface area contributed by atoms with Gasteiger partial charge in [-0.3, -0.25) is 4.90 Å². The van der Waals surface area contributed by atoms with Crippen molar-refractivity contribution in [1.82, 2.24) is 4.90 Å². The van der Waals surface area contributed by atoms with Crippen LogP contribution in [0.25, 0.3) is 0 Å². The second-order valence-electron chi connectivity index (χ2n) is 3.50. The fourth-order valence-electron chi connectivity index (χ4n) is 1.42. The Morgan fingerprint density at radius 3 is 2.65 bits per heavy atom. The molecule has 1 aromatic heterocycles. The predicted octanol–water partition coefficient (Wildman–Crippen LogP) is 2.36. The Kier molecular flexibility index (Phi) is 4.17. The van der Waals surface area contributed by atoms with Crippen molar-refractivity contribution in [3.05, 3.63) is 23.7 Å². The van der Waals surface area contributed by atoms with Crippen LogP contribution in [0.1, 0.15) is 23.0 Å². The molecule has 1 heterocycles. The Morgan fingerprint density at radius 2 is 2.18 bits per heavy atom. The maximum Gasteiger partial charge on any atom is 0.401 e. The molecule has 0 amide bonds. The zero-order chi connectivity index (χ0) is 13.1. The lowest BCUT2D eigenvalue weighted by Crippen LogP contribution is -2.33. The van der Waals surface area contributed by atoms with Crippen molar-refractivity contribution in [3.8, 4) is 0 Å². The number of carbonyl (C=O) groups is 1. The van der Waals surface area contributed by atoms with Gasteiger partial charge in [0.2, 0.25) is 5.76 Å². The normalized spacial score (nSPS) is 12.1. The third-order valence-electron chi connectivity index (χ3n) is 2.19. The first kappa shape index (κ1) is 13.6. The van der Waals surface area contributed by atoms with Gasteiger partial charge in [0.25, 0.3) is 0 Å². The Hall–Kier alpha value is -1.50. The Bertz CT molecular complexity index is 386. The quantitative estimate of drug-likeness (QED) is 0.872. The number of aromatic carboxylic acids is 1. The number of carboxylic acids is 1. The van der Waals surface area contributed by atoms with Crippen LogP contribution in [0, 0.1) is 0 Å². The van der Waals surface area contributed by atoms with Crippen LogP contribution < -0.4 is 0 Å². The van der Waals surface area contributed by atoms with E-state index in [0.717, 1.165) is 11.2 Å². The van der Waals surface area contributed by atoms with Crippen LogP contribution >= 0.6 is 0 Å². The molecule has 0 fully saturated rings. The molecule has 0 aliphatic rings. The van der Waals surface area contributed by atoms with Crippen LogP contribution in [0.3, 0.4) is 0 Å². The molecule has 17 heavy (non-hydrogen) atoms. The first-order valence-corrected chi connectivity index (χ1v) is 4.92. The van der Waals surface area contributed by atoms with Crippen molar-refractivity contribution in [2.75, 3.05) is 13.1 Å². The van der Waals surface area contributed by atoms with Gasteiger partial charge in [-0.25, -0.2) is 4.79 Å². The van der Waals surface area contributed by atoms with Gasteiger partial charge in [0.15, 0.2) is 0 Å². The monoisotopic (exact) mass is 251 g/mol. The smallest absolute Gasteiger partial charge is 0.401 e. The zero-order valence-corrected chi connectivity index (χ0v) is 9.12. The predicted molar refractivity (Wildman–Crippen MR) is 52.7 cm³/mol. The zero-order valence-electron chi connectivity index (χ0n) is 9.12. The van der Waals surface area contributed by atoms with Crippen molar-refractivity contribution < 1.29 is 27.5 Å². The van der Waals surface area contributed by atoms with Crippen molar-refractivity contribution in [2.45, 2.75) is 19.6 Å². The van der Waals surface area contributed by atoms with Gasteiger partial charge in [0.1, 0.15) is 0 Å². The standard InChI is InChI=1S/C10H12F3NO3/c1-2-14(6-10(11,12)13)5-7-3-4-17-8(7)9(15)16/h3-4H,2,5-6H2,1H3,(H,15,16). The minimum atomic E-state index is -4.30. The van der Waals surface area contributed by atoms with Gasteiger partial charge in [-0.05, 0) is 12.6 Å². The number of furan rings is 1. The van der Waals surface area contributed by atoms with E-state index in [1.54, 1.807) is 6.92 Å². The van der Waals surface area contributed by atoms with Gasteiger partial charge in [0, 0.05) is 12.1 Å². The molecule has 1 N–H and O–H groups in total. The molecule has 1 rings (SSSR count). The lowest BCUT2D eigenvalue weighted by Gasteiger charge is -2.21. The molecule has 0 spiro atoms. The van der Waals surface area contributed by atoms with E-state index in [9.17, 15) is 18.0 Å². The van der Waals surface area contributed by atoms with E-state index in [2.05, 4.69) is 0 Å². The fourth-order valence-corrected chi connectivity index (χ4v) is 1.42. The number of carboxylic acid groups (broad SMARTS) is 1. The average Bonchev–Trinajstić information content (AvgIpc) is 2.62. The molecule has 0 saturated carbocycles. The molecule has 0 aromatic carbocycles. The van der Waals surface area contributed by atoms with E-state index in [0.29, 0.717) is 0 Å². The molecule has 0 atom stereocenters. The summed E-state index contributed by atoms with van der Waals surface area (Å²) in [5.74, 6) is -1.60. The summed E-state index contributed by atoms with van der Waals surface area (Å²) >= 11 is 0. The first-order chi connectivity index (χ1) is 7.83. The average molecular weight is 251 g/mol. The van der Waals surface area contributed by atoms with Crippen LogP contribution in [-0.4, -0.2) is 35.2 Å². The summed E-state index contributed by atoms with van der Waals surface area (Å²) in [5, 5.41) is 8.74. The molecular formula is C10H12F3NO3. The summed E-state index contributed by atoms with van der Waals surface area (Å²) < 4.78 is 41.3. The highest BCUT2D eigenvalue weighted by molar-refractivity contribution is 5.86. The molecular weight excluding hydrogens is 239 g/mol. The molecule has 96 valence electrons. The molecule has 0 bridgehead atoms. The summed E-state index contributed by atoms with van der Waals surface area (Å²) in [5.41, 5.74) is 0.239. The van der Waals surface area contributed by atoms with Gasteiger partial charge >= 0.3 is 12.1 Å². The maximum atomic E-state index is 12.2. The van der Waals surface area contributed by atoms with Crippen LogP contribution in [0.15, 0.2) is 16.7 Å². The van der Waals surface area contributed by atoms with Gasteiger partial charge in [-0.15, -0.1) is 0 Å². The Labute approximate surface area is 95.6 Å². The maximum absolute atomic E-state index is 12.2. The first-order valence-electron chi connectivity index (χ1n) is 4.92. The van der Waals surface area contributed by atoms with Crippen molar-refractivity contribution in [2.24, 2.45) is 0 Å². The summed E-state index contributed by atoms with van der Waals surface area (Å²) in [6.07, 6.45) is -3.15. The van der Waals surface area contributed by atoms with Gasteiger partial charge in [-0.1, -0.05) is 6.92 Å². The number of hydrogen-bond acceptors (Lipinski definition) is 3. The molecule has 4 nitrogen and oxygen atoms in total. The number of nitrogens with zero attached hydrogens (tertiary/aromatic N) is 1. The lowest BCUT2D eigenvalue weighted by atomic mass is 10.2. The van der Waals surface area contributed by atoms with Crippen molar-refractivity contribution in [3.63, 3.8) is 0 Å². The SMILES string of the molecule is CCN(Cc1ccoc1C(=O)O)CC(F)(F)F. The lowest BCUT2D eigenvalue weighted by molar-refractivity contribution is -0.146. The number of halogens is 3. The van der Waals surface area contributed by atoms with E-state index in [1.807, 2.05) is 0 Å². The molecule has 0 saturated heterocycles. The van der Waals surface area contributed by atoms with Gasteiger partial charge < -0.3 is 9.52 Å². The summed E-state index contributed by atoms with van der Waals surface area (Å²) in [6.45, 7) is 0.567. The van der Waals surface area contributed by atoms with E-state index in [1.165, 1.54) is 6.07 Å². The van der Waals surface area contributed by atoms with Crippen molar-refractivity contribution in [1.29, 1.82) is 0 Å². The van der Waals surface area contributed by atoms with Gasteiger partial charge in [-0.2, -0.15) is 13.2 Å². The summed E-state index contributed by atoms with van der Waals surface area (Å²) in [6, 6.07) is 1.36. The summed E-state index contributed by atoms with van der Waals surface area (Å²) in [7, 11) is 0. The van der Waals surface area contributed by atoms with Gasteiger partial charge in [0.05, 0.1) is 12.8 Å². The highest BCUT2D eigenvalue weighted by Gasteiger charge is 2.30. The molecule has 0 aliphatic carbocycles. The van der Waals surface area contributed by atoms with Crippen LogP contribution in [0.2, 0.25) is 0 Å². The second kappa shape index (κ2) is 5.22. The topological polar surface area (TPSA) is 53.7 Å². The van der Waals surface area contributed by atoms with E-state index >= 15 is 0 Å². The van der Waals surface area contributed by atoms with Crippen LogP contribution in [0.5, 0.6) is 0 Å². The number of hydrogen-bond donors (Lipinski definition) is 1. The summed E-state index contributed by atoms with van der Waals surface area (Å²) in [4.78, 5) is 11.8. The second-order valence-corrected chi connectivity index (χ2v) is 3.50. The largest absolute Gasteiger partial charge is 0.475 e. The third kappa shape index (κ3) is 4.10. The van der Waals surface area contributed by atoms with Crippen molar-refractivity contribution >= 4 is 5.97 Å². The molecule has 1 aromatic rings. The molecule has 0 aliphatic heterocycles. The van der Waals surface area contributed by atoms with Crippen LogP contribution in [0.4, 0.5) is 13.2 Å². The molecule has 0 unspecified atom stereocenters. The highest BCUT2D eigenvalue weighted by atomic mass is 19.4.